The summed E-state index contributed by atoms with van der Waals surface area (Å²) in [4.78, 5) is 13.4. The van der Waals surface area contributed by atoms with E-state index in [1.807, 2.05) is 23.8 Å². The number of hydrogen-bond donors (Lipinski definition) is 2. The Morgan fingerprint density at radius 1 is 1.33 bits per heavy atom. The van der Waals surface area contributed by atoms with E-state index in [0.29, 0.717) is 10.6 Å². The quantitative estimate of drug-likeness (QED) is 0.845. The third kappa shape index (κ3) is 2.03. The van der Waals surface area contributed by atoms with Gasteiger partial charge < -0.3 is 11.1 Å². The monoisotopic (exact) mass is 238 g/mol. The molecule has 0 unspecified atom stereocenters. The van der Waals surface area contributed by atoms with E-state index in [9.17, 15) is 4.79 Å². The SMILES string of the molecule is Cc1sccc1NC(=O)c1sccc1N. The van der Waals surface area contributed by atoms with Crippen LogP contribution in [0.1, 0.15) is 14.5 Å². The van der Waals surface area contributed by atoms with E-state index < -0.39 is 0 Å². The highest BCUT2D eigenvalue weighted by Crippen LogP contribution is 2.24. The minimum atomic E-state index is -0.135. The molecular weight excluding hydrogens is 228 g/mol. The highest BCUT2D eigenvalue weighted by molar-refractivity contribution is 7.13. The molecule has 0 aliphatic heterocycles. The van der Waals surface area contributed by atoms with E-state index in [4.69, 9.17) is 5.73 Å². The second-order valence-corrected chi connectivity index (χ2v) is 5.09. The lowest BCUT2D eigenvalue weighted by molar-refractivity contribution is 0.103. The zero-order chi connectivity index (χ0) is 10.8. The zero-order valence-corrected chi connectivity index (χ0v) is 9.74. The predicted molar refractivity (Wildman–Crippen MR) is 65.7 cm³/mol. The van der Waals surface area contributed by atoms with Gasteiger partial charge in [-0.2, -0.15) is 0 Å². The summed E-state index contributed by atoms with van der Waals surface area (Å²) < 4.78 is 0. The number of carbonyl (C=O) groups excluding carboxylic acids is 1. The molecule has 3 nitrogen and oxygen atoms in total. The first-order chi connectivity index (χ1) is 7.18. The summed E-state index contributed by atoms with van der Waals surface area (Å²) >= 11 is 2.96. The summed E-state index contributed by atoms with van der Waals surface area (Å²) in [6, 6.07) is 3.63. The maximum absolute atomic E-state index is 11.8. The van der Waals surface area contributed by atoms with Crippen LogP contribution in [-0.4, -0.2) is 5.91 Å². The first-order valence-electron chi connectivity index (χ1n) is 4.37. The van der Waals surface area contributed by atoms with E-state index in [0.717, 1.165) is 10.6 Å². The molecule has 0 fully saturated rings. The molecule has 0 aliphatic rings. The van der Waals surface area contributed by atoms with E-state index in [-0.39, 0.29) is 5.91 Å². The highest BCUT2D eigenvalue weighted by atomic mass is 32.1. The second-order valence-electron chi connectivity index (χ2n) is 3.05. The van der Waals surface area contributed by atoms with Crippen LogP contribution in [0, 0.1) is 6.92 Å². The average molecular weight is 238 g/mol. The summed E-state index contributed by atoms with van der Waals surface area (Å²) in [6.07, 6.45) is 0. The van der Waals surface area contributed by atoms with Gasteiger partial charge in [0.1, 0.15) is 4.88 Å². The van der Waals surface area contributed by atoms with Crippen molar-refractivity contribution in [2.24, 2.45) is 0 Å². The predicted octanol–water partition coefficient (Wildman–Crippen LogP) is 2.95. The number of nitrogens with two attached hydrogens (primary N) is 1. The van der Waals surface area contributed by atoms with Crippen molar-refractivity contribution in [3.05, 3.63) is 32.6 Å². The third-order valence-electron chi connectivity index (χ3n) is 2.01. The first-order valence-corrected chi connectivity index (χ1v) is 6.13. The fraction of sp³-hybridized carbons (Fsp3) is 0.100. The molecule has 1 amide bonds. The van der Waals surface area contributed by atoms with Crippen LogP contribution < -0.4 is 11.1 Å². The molecule has 2 rings (SSSR count). The lowest BCUT2D eigenvalue weighted by Crippen LogP contribution is -2.11. The fourth-order valence-electron chi connectivity index (χ4n) is 1.20. The van der Waals surface area contributed by atoms with E-state index in [2.05, 4.69) is 5.32 Å². The van der Waals surface area contributed by atoms with Crippen LogP contribution in [0.2, 0.25) is 0 Å². The van der Waals surface area contributed by atoms with Crippen molar-refractivity contribution in [2.75, 3.05) is 11.1 Å². The summed E-state index contributed by atoms with van der Waals surface area (Å²) in [5, 5.41) is 6.59. The van der Waals surface area contributed by atoms with Gasteiger partial charge in [-0.3, -0.25) is 4.79 Å². The minimum absolute atomic E-state index is 0.135. The highest BCUT2D eigenvalue weighted by Gasteiger charge is 2.12. The van der Waals surface area contributed by atoms with Crippen LogP contribution in [0.4, 0.5) is 11.4 Å². The first kappa shape index (κ1) is 10.2. The topological polar surface area (TPSA) is 55.1 Å². The number of amides is 1. The number of nitrogen functional groups attached to an aromatic ring is 1. The number of nitrogens with one attached hydrogen (secondary N) is 1. The van der Waals surface area contributed by atoms with E-state index in [1.165, 1.54) is 11.3 Å². The molecule has 2 aromatic heterocycles. The van der Waals surface area contributed by atoms with Crippen molar-refractivity contribution in [2.45, 2.75) is 6.92 Å². The molecule has 5 heteroatoms. The van der Waals surface area contributed by atoms with Gasteiger partial charge in [0.2, 0.25) is 0 Å². The van der Waals surface area contributed by atoms with Gasteiger partial charge in [-0.1, -0.05) is 0 Å². The Morgan fingerprint density at radius 2 is 2.07 bits per heavy atom. The van der Waals surface area contributed by atoms with Gasteiger partial charge in [-0.15, -0.1) is 22.7 Å². The standard InChI is InChI=1S/C10H10N2OS2/c1-6-8(3-5-14-6)12-10(13)9-7(11)2-4-15-9/h2-5H,11H2,1H3,(H,12,13). The zero-order valence-electron chi connectivity index (χ0n) is 8.11. The lowest BCUT2D eigenvalue weighted by Gasteiger charge is -2.02. The molecule has 0 radical (unpaired) electrons. The smallest absolute Gasteiger partial charge is 0.267 e. The molecule has 15 heavy (non-hydrogen) atoms. The van der Waals surface area contributed by atoms with Crippen LogP contribution in [-0.2, 0) is 0 Å². The molecule has 2 aromatic rings. The Kier molecular flexibility index (Phi) is 2.75. The average Bonchev–Trinajstić information content (AvgIpc) is 2.76. The summed E-state index contributed by atoms with van der Waals surface area (Å²) in [7, 11) is 0. The number of aryl methyl sites for hydroxylation is 1. The Morgan fingerprint density at radius 3 is 2.60 bits per heavy atom. The van der Waals surface area contributed by atoms with E-state index in [1.54, 1.807) is 17.4 Å². The summed E-state index contributed by atoms with van der Waals surface area (Å²) in [5.74, 6) is -0.135. The van der Waals surface area contributed by atoms with Crippen molar-refractivity contribution in [3.63, 3.8) is 0 Å². The normalized spacial score (nSPS) is 10.2. The molecule has 0 saturated carbocycles. The molecule has 0 aliphatic carbocycles. The maximum atomic E-state index is 11.8. The largest absolute Gasteiger partial charge is 0.397 e. The number of thiophene rings is 2. The molecule has 78 valence electrons. The van der Waals surface area contributed by atoms with Crippen LogP contribution in [0.5, 0.6) is 0 Å². The van der Waals surface area contributed by atoms with E-state index >= 15 is 0 Å². The molecule has 0 spiro atoms. The maximum Gasteiger partial charge on any atom is 0.267 e. The lowest BCUT2D eigenvalue weighted by atomic mass is 10.3. The molecule has 0 saturated heterocycles. The molecule has 0 bridgehead atoms. The number of carbonyl (C=O) groups is 1. The van der Waals surface area contributed by atoms with Crippen LogP contribution in [0.3, 0.4) is 0 Å². The van der Waals surface area contributed by atoms with Crippen LogP contribution in [0.15, 0.2) is 22.9 Å². The Labute approximate surface area is 95.6 Å². The van der Waals surface area contributed by atoms with Crippen molar-refractivity contribution in [3.8, 4) is 0 Å². The van der Waals surface area contributed by atoms with Gasteiger partial charge >= 0.3 is 0 Å². The van der Waals surface area contributed by atoms with Gasteiger partial charge in [0, 0.05) is 4.88 Å². The summed E-state index contributed by atoms with van der Waals surface area (Å²) in [6.45, 7) is 1.97. The van der Waals surface area contributed by atoms with Crippen molar-refractivity contribution in [1.82, 2.24) is 0 Å². The van der Waals surface area contributed by atoms with Gasteiger partial charge in [-0.05, 0) is 29.8 Å². The Balaban J connectivity index is 2.18. The second kappa shape index (κ2) is 4.04. The van der Waals surface area contributed by atoms with Gasteiger partial charge in [-0.25, -0.2) is 0 Å². The van der Waals surface area contributed by atoms with Crippen LogP contribution >= 0.6 is 22.7 Å². The Bertz CT molecular complexity index is 487. The van der Waals surface area contributed by atoms with Gasteiger partial charge in [0.15, 0.2) is 0 Å². The summed E-state index contributed by atoms with van der Waals surface area (Å²) in [5.41, 5.74) is 7.05. The number of rotatable bonds is 2. The fourth-order valence-corrected chi connectivity index (χ4v) is 2.56. The Hall–Kier alpha value is -1.33. The molecule has 0 aromatic carbocycles. The van der Waals surface area contributed by atoms with Crippen LogP contribution in [0.25, 0.3) is 0 Å². The number of anilines is 2. The molecular formula is C10H10N2OS2. The van der Waals surface area contributed by atoms with Crippen molar-refractivity contribution >= 4 is 40.0 Å². The van der Waals surface area contributed by atoms with Crippen molar-refractivity contribution in [1.29, 1.82) is 0 Å². The van der Waals surface area contributed by atoms with Gasteiger partial charge in [0.25, 0.3) is 5.91 Å². The third-order valence-corrected chi connectivity index (χ3v) is 3.78. The van der Waals surface area contributed by atoms with Gasteiger partial charge in [0.05, 0.1) is 11.4 Å². The molecule has 2 heterocycles. The number of hydrogen-bond acceptors (Lipinski definition) is 4. The molecule has 3 N–H and O–H groups in total. The molecule has 0 atom stereocenters. The minimum Gasteiger partial charge on any atom is -0.397 e. The van der Waals surface area contributed by atoms with Crippen molar-refractivity contribution < 1.29 is 4.79 Å².